The van der Waals surface area contributed by atoms with Crippen LogP contribution in [0, 0.1) is 0 Å². The first-order valence-corrected chi connectivity index (χ1v) is 8.84. The van der Waals surface area contributed by atoms with E-state index in [1.807, 2.05) is 18.2 Å². The fourth-order valence-corrected chi connectivity index (χ4v) is 3.50. The van der Waals surface area contributed by atoms with E-state index in [1.54, 1.807) is 35.3 Å². The molecule has 4 heterocycles. The van der Waals surface area contributed by atoms with Crippen LogP contribution in [-0.2, 0) is 0 Å². The van der Waals surface area contributed by atoms with E-state index in [1.165, 1.54) is 13.2 Å². The first-order chi connectivity index (χ1) is 13.6. The van der Waals surface area contributed by atoms with Gasteiger partial charge in [-0.1, -0.05) is 11.6 Å². The number of hydrogen-bond donors (Lipinski definition) is 0. The van der Waals surface area contributed by atoms with Crippen LogP contribution in [0.4, 0.5) is 0 Å². The normalized spacial score (nSPS) is 13.4. The van der Waals surface area contributed by atoms with Gasteiger partial charge in [0.15, 0.2) is 5.65 Å². The van der Waals surface area contributed by atoms with Crippen LogP contribution < -0.4 is 0 Å². The van der Waals surface area contributed by atoms with Crippen molar-refractivity contribution in [1.29, 1.82) is 0 Å². The molecule has 5 rings (SSSR count). The van der Waals surface area contributed by atoms with Crippen molar-refractivity contribution in [2.24, 2.45) is 0 Å². The van der Waals surface area contributed by atoms with Crippen LogP contribution in [0.5, 0.6) is 0 Å². The summed E-state index contributed by atoms with van der Waals surface area (Å²) in [6.45, 7) is 0. The Morgan fingerprint density at radius 2 is 1.79 bits per heavy atom. The molecule has 0 saturated heterocycles. The molecular weight excluding hydrogens is 378 g/mol. The Kier molecular flexibility index (Phi) is 3.53. The Morgan fingerprint density at radius 1 is 1.00 bits per heavy atom. The number of carbonyl (C=O) groups is 2. The Balaban J connectivity index is 1.89. The maximum Gasteiger partial charge on any atom is 0.262 e. The number of amides is 2. The van der Waals surface area contributed by atoms with Crippen LogP contribution in [0.3, 0.4) is 0 Å². The van der Waals surface area contributed by atoms with Gasteiger partial charge in [0.05, 0.1) is 22.2 Å². The Bertz CT molecular complexity index is 1270. The highest BCUT2D eigenvalue weighted by Crippen LogP contribution is 2.36. The van der Waals surface area contributed by atoms with E-state index in [0.717, 1.165) is 16.2 Å². The molecule has 1 aliphatic heterocycles. The predicted molar refractivity (Wildman–Crippen MR) is 104 cm³/mol. The average Bonchev–Trinajstić information content (AvgIpc) is 3.21. The van der Waals surface area contributed by atoms with E-state index in [0.29, 0.717) is 27.3 Å². The van der Waals surface area contributed by atoms with Crippen molar-refractivity contribution in [3.8, 4) is 16.9 Å². The summed E-state index contributed by atoms with van der Waals surface area (Å²) < 4.78 is 1.64. The van der Waals surface area contributed by atoms with Crippen LogP contribution in [0.1, 0.15) is 20.7 Å². The molecule has 1 aromatic carbocycles. The molecule has 0 fully saturated rings. The zero-order valence-electron chi connectivity index (χ0n) is 14.6. The maximum atomic E-state index is 12.8. The molecule has 0 bridgehead atoms. The minimum Gasteiger partial charge on any atom is -0.277 e. The minimum atomic E-state index is -0.370. The molecule has 0 atom stereocenters. The zero-order valence-corrected chi connectivity index (χ0v) is 15.4. The quantitative estimate of drug-likeness (QED) is 0.491. The van der Waals surface area contributed by atoms with E-state index in [-0.39, 0.29) is 17.4 Å². The van der Waals surface area contributed by atoms with E-state index >= 15 is 0 Å². The summed E-state index contributed by atoms with van der Waals surface area (Å²) in [5.41, 5.74) is 3.08. The van der Waals surface area contributed by atoms with Gasteiger partial charge in [-0.25, -0.2) is 9.67 Å². The van der Waals surface area contributed by atoms with E-state index in [9.17, 15) is 9.59 Å². The number of imide groups is 1. The largest absolute Gasteiger partial charge is 0.277 e. The standard InChI is InChI=1S/C20H12ClN5O2/c1-25-19(27)14-10-23-18-16(15(14)20(25)28)17(11-3-2-8-22-9-11)24-26(18)13-6-4-12(21)5-7-13/h2-10H,1H3. The van der Waals surface area contributed by atoms with Gasteiger partial charge < -0.3 is 0 Å². The zero-order chi connectivity index (χ0) is 19.4. The second-order valence-corrected chi connectivity index (χ2v) is 6.83. The monoisotopic (exact) mass is 389 g/mol. The van der Waals surface area contributed by atoms with Crippen molar-refractivity contribution >= 4 is 34.4 Å². The van der Waals surface area contributed by atoms with Gasteiger partial charge in [-0.15, -0.1) is 0 Å². The average molecular weight is 390 g/mol. The lowest BCUT2D eigenvalue weighted by molar-refractivity contribution is 0.0693. The molecule has 28 heavy (non-hydrogen) atoms. The molecule has 8 heteroatoms. The molecule has 7 nitrogen and oxygen atoms in total. The summed E-state index contributed by atoms with van der Waals surface area (Å²) in [6.07, 6.45) is 4.76. The second kappa shape index (κ2) is 5.97. The highest BCUT2D eigenvalue weighted by atomic mass is 35.5. The number of carbonyl (C=O) groups excluding carboxylic acids is 2. The molecule has 1 aliphatic rings. The number of nitrogens with zero attached hydrogens (tertiary/aromatic N) is 5. The summed E-state index contributed by atoms with van der Waals surface area (Å²) in [6, 6.07) is 10.8. The van der Waals surface area contributed by atoms with Gasteiger partial charge in [-0.2, -0.15) is 5.10 Å². The molecule has 136 valence electrons. The first-order valence-electron chi connectivity index (χ1n) is 8.46. The van der Waals surface area contributed by atoms with Crippen molar-refractivity contribution < 1.29 is 9.59 Å². The van der Waals surface area contributed by atoms with Crippen LogP contribution >= 0.6 is 11.6 Å². The molecule has 0 saturated carbocycles. The summed E-state index contributed by atoms with van der Waals surface area (Å²) in [4.78, 5) is 34.9. The smallest absolute Gasteiger partial charge is 0.262 e. The molecule has 2 amide bonds. The molecule has 4 aromatic rings. The third-order valence-corrected chi connectivity index (χ3v) is 5.01. The van der Waals surface area contributed by atoms with Gasteiger partial charge in [0.1, 0.15) is 5.69 Å². The van der Waals surface area contributed by atoms with Gasteiger partial charge in [0.2, 0.25) is 0 Å². The maximum absolute atomic E-state index is 12.8. The molecule has 0 radical (unpaired) electrons. The number of pyridine rings is 2. The van der Waals surface area contributed by atoms with E-state index in [4.69, 9.17) is 16.7 Å². The van der Waals surface area contributed by atoms with Crippen LogP contribution in [0.2, 0.25) is 5.02 Å². The highest BCUT2D eigenvalue weighted by molar-refractivity contribution is 6.30. The molecule has 0 unspecified atom stereocenters. The second-order valence-electron chi connectivity index (χ2n) is 6.39. The third kappa shape index (κ3) is 2.26. The highest BCUT2D eigenvalue weighted by Gasteiger charge is 2.37. The van der Waals surface area contributed by atoms with Gasteiger partial charge in [0, 0.05) is 36.2 Å². The number of fused-ring (bicyclic) bond motifs is 3. The van der Waals surface area contributed by atoms with Gasteiger partial charge in [-0.3, -0.25) is 19.5 Å². The summed E-state index contributed by atoms with van der Waals surface area (Å²) >= 11 is 6.01. The lowest BCUT2D eigenvalue weighted by Gasteiger charge is -2.03. The Hall–Kier alpha value is -3.58. The van der Waals surface area contributed by atoms with E-state index < -0.39 is 0 Å². The van der Waals surface area contributed by atoms with Crippen LogP contribution in [0.15, 0.2) is 55.0 Å². The van der Waals surface area contributed by atoms with E-state index in [2.05, 4.69) is 9.97 Å². The summed E-state index contributed by atoms with van der Waals surface area (Å²) in [5, 5.41) is 5.84. The first kappa shape index (κ1) is 16.6. The van der Waals surface area contributed by atoms with Gasteiger partial charge in [-0.05, 0) is 36.4 Å². The number of rotatable bonds is 2. The third-order valence-electron chi connectivity index (χ3n) is 4.76. The van der Waals surface area contributed by atoms with Crippen LogP contribution in [-0.4, -0.2) is 43.5 Å². The topological polar surface area (TPSA) is 81.0 Å². The van der Waals surface area contributed by atoms with Gasteiger partial charge in [0.25, 0.3) is 11.8 Å². The lowest BCUT2D eigenvalue weighted by Crippen LogP contribution is -2.24. The fraction of sp³-hybridized carbons (Fsp3) is 0.0500. The SMILES string of the molecule is CN1C(=O)c2cnc3c(c(-c4cccnc4)nn3-c3ccc(Cl)cc3)c2C1=O. The predicted octanol–water partition coefficient (Wildman–Crippen LogP) is 3.36. The number of benzene rings is 1. The van der Waals surface area contributed by atoms with Crippen molar-refractivity contribution in [3.63, 3.8) is 0 Å². The molecule has 0 spiro atoms. The molecule has 0 N–H and O–H groups in total. The lowest BCUT2D eigenvalue weighted by atomic mass is 10.0. The molecule has 3 aromatic heterocycles. The van der Waals surface area contributed by atoms with Crippen molar-refractivity contribution in [2.45, 2.75) is 0 Å². The number of hydrogen-bond acceptors (Lipinski definition) is 5. The van der Waals surface area contributed by atoms with Gasteiger partial charge >= 0.3 is 0 Å². The molecule has 0 aliphatic carbocycles. The number of aromatic nitrogens is 4. The Morgan fingerprint density at radius 3 is 2.50 bits per heavy atom. The minimum absolute atomic E-state index is 0.279. The summed E-state index contributed by atoms with van der Waals surface area (Å²) in [7, 11) is 1.46. The van der Waals surface area contributed by atoms with Crippen molar-refractivity contribution in [3.05, 3.63) is 71.1 Å². The number of halogens is 1. The fourth-order valence-electron chi connectivity index (χ4n) is 3.38. The summed E-state index contributed by atoms with van der Waals surface area (Å²) in [5.74, 6) is -0.737. The van der Waals surface area contributed by atoms with Crippen molar-refractivity contribution in [2.75, 3.05) is 7.05 Å². The van der Waals surface area contributed by atoms with Crippen LogP contribution in [0.25, 0.3) is 28.0 Å². The Labute approximate surface area is 164 Å². The molecular formula is C20H12ClN5O2. The van der Waals surface area contributed by atoms with Crippen molar-refractivity contribution in [1.82, 2.24) is 24.6 Å².